The van der Waals surface area contributed by atoms with Crippen molar-refractivity contribution >= 4 is 47.6 Å². The molecule has 36 heavy (non-hydrogen) atoms. The molecule has 0 spiro atoms. The highest BCUT2D eigenvalue weighted by Gasteiger charge is 2.46. The van der Waals surface area contributed by atoms with Gasteiger partial charge >= 0.3 is 5.97 Å². The smallest absolute Gasteiger partial charge is 0.323 e. The van der Waals surface area contributed by atoms with Gasteiger partial charge in [-0.2, -0.15) is 0 Å². The van der Waals surface area contributed by atoms with Gasteiger partial charge in [0.1, 0.15) is 6.04 Å². The molecule has 0 radical (unpaired) electrons. The van der Waals surface area contributed by atoms with Gasteiger partial charge in [0, 0.05) is 10.8 Å². The second-order valence-corrected chi connectivity index (χ2v) is 12.1. The van der Waals surface area contributed by atoms with Crippen LogP contribution in [0.3, 0.4) is 0 Å². The van der Waals surface area contributed by atoms with Crippen LogP contribution in [0.2, 0.25) is 0 Å². The molecule has 0 aliphatic heterocycles. The fourth-order valence-electron chi connectivity index (χ4n) is 4.30. The number of rotatable bonds is 10. The average Bonchev–Trinajstić information content (AvgIpc) is 2.87. The number of carboxylic acids is 1. The quantitative estimate of drug-likeness (QED) is 0.299. The number of carbonyl (C=O) groups is 1. The van der Waals surface area contributed by atoms with Crippen LogP contribution in [0.25, 0.3) is 21.5 Å². The Balaban J connectivity index is 2.00. The van der Waals surface area contributed by atoms with Gasteiger partial charge in [0.25, 0.3) is 20.0 Å². The maximum Gasteiger partial charge on any atom is 0.323 e. The number of sulfonamides is 2. The van der Waals surface area contributed by atoms with E-state index in [1.54, 1.807) is 60.7 Å². The molecule has 0 aliphatic carbocycles. The lowest BCUT2D eigenvalue weighted by atomic mass is 10.1. The Kier molecular flexibility index (Phi) is 7.41. The molecule has 4 aromatic rings. The minimum Gasteiger partial charge on any atom is -0.480 e. The van der Waals surface area contributed by atoms with Crippen molar-refractivity contribution in [1.29, 1.82) is 0 Å². The molecular weight excluding hydrogens is 500 g/mol. The maximum absolute atomic E-state index is 14.1. The van der Waals surface area contributed by atoms with Crippen LogP contribution in [-0.2, 0) is 24.8 Å². The van der Waals surface area contributed by atoms with E-state index < -0.39 is 32.1 Å². The number of hydrogen-bond acceptors (Lipinski definition) is 6. The monoisotopic (exact) mass is 526 g/mol. The summed E-state index contributed by atoms with van der Waals surface area (Å²) in [6.07, 6.45) is 0.431. The number of nitrogens with zero attached hydrogens (tertiary/aromatic N) is 1. The Morgan fingerprint density at radius 1 is 0.722 bits per heavy atom. The highest BCUT2D eigenvalue weighted by molar-refractivity contribution is 8.04. The first-order valence-electron chi connectivity index (χ1n) is 11.4. The molecule has 4 rings (SSSR count). The van der Waals surface area contributed by atoms with Gasteiger partial charge in [0.2, 0.25) is 0 Å². The maximum atomic E-state index is 14.1. The lowest BCUT2D eigenvalue weighted by Gasteiger charge is -2.28. The van der Waals surface area contributed by atoms with Crippen molar-refractivity contribution in [1.82, 2.24) is 3.71 Å². The summed E-state index contributed by atoms with van der Waals surface area (Å²) in [5, 5.41) is 11.8. The van der Waals surface area contributed by atoms with Crippen molar-refractivity contribution in [3.8, 4) is 0 Å². The first kappa shape index (κ1) is 25.8. The van der Waals surface area contributed by atoms with Crippen LogP contribution in [0.4, 0.5) is 0 Å². The summed E-state index contributed by atoms with van der Waals surface area (Å²) in [4.78, 5) is 11.9. The third kappa shape index (κ3) is 4.72. The molecule has 0 aliphatic rings. The summed E-state index contributed by atoms with van der Waals surface area (Å²) in [7, 11) is -9.70. The van der Waals surface area contributed by atoms with E-state index >= 15 is 0 Å². The van der Waals surface area contributed by atoms with E-state index in [1.807, 2.05) is 0 Å². The highest BCUT2D eigenvalue weighted by Crippen LogP contribution is 2.35. The van der Waals surface area contributed by atoms with Crippen LogP contribution >= 0.6 is 0 Å². The topological polar surface area (TPSA) is 135 Å². The number of benzene rings is 4. The van der Waals surface area contributed by atoms with E-state index in [0.717, 1.165) is 0 Å². The second-order valence-electron chi connectivity index (χ2n) is 8.33. The van der Waals surface area contributed by atoms with E-state index in [2.05, 4.69) is 0 Å². The third-order valence-corrected chi connectivity index (χ3v) is 10.5. The van der Waals surface area contributed by atoms with E-state index in [0.29, 0.717) is 28.0 Å². The summed E-state index contributed by atoms with van der Waals surface area (Å²) in [5.74, 6) is -1.56. The number of carboxylic acid groups (broad SMARTS) is 1. The van der Waals surface area contributed by atoms with E-state index in [-0.39, 0.29) is 32.9 Å². The molecule has 0 aromatic heterocycles. The normalized spacial score (nSPS) is 13.3. The van der Waals surface area contributed by atoms with Crippen LogP contribution < -0.4 is 5.73 Å². The third-order valence-electron chi connectivity index (χ3n) is 6.00. The van der Waals surface area contributed by atoms with Gasteiger partial charge in [0.15, 0.2) is 0 Å². The molecular formula is C26H26N2O6S2. The van der Waals surface area contributed by atoms with E-state index in [9.17, 15) is 26.7 Å². The molecule has 0 bridgehead atoms. The standard InChI is InChI=1S/C26H26N2O6S2/c27-18-6-5-15-23(26(29)30)28(35(31,32)24-16-7-11-19-9-1-3-13-21(19)24)36(33,34)25-17-8-12-20-10-2-4-14-22(20)25/h1-4,7-14,16-17,23H,5-6,15,18,27H2,(H,29,30)/t23-/m0/s1. The van der Waals surface area contributed by atoms with Crippen LogP contribution in [-0.4, -0.2) is 44.2 Å². The van der Waals surface area contributed by atoms with Gasteiger partial charge in [0.05, 0.1) is 9.79 Å². The Morgan fingerprint density at radius 2 is 1.17 bits per heavy atom. The van der Waals surface area contributed by atoms with Gasteiger partial charge < -0.3 is 10.8 Å². The first-order chi connectivity index (χ1) is 17.2. The predicted molar refractivity (Wildman–Crippen MR) is 138 cm³/mol. The molecule has 10 heteroatoms. The van der Waals surface area contributed by atoms with Gasteiger partial charge in [-0.15, -0.1) is 0 Å². The van der Waals surface area contributed by atoms with Gasteiger partial charge in [-0.1, -0.05) is 76.5 Å². The molecule has 0 amide bonds. The average molecular weight is 527 g/mol. The fourth-order valence-corrected chi connectivity index (χ4v) is 8.69. The molecule has 4 aromatic carbocycles. The van der Waals surface area contributed by atoms with Crippen molar-refractivity contribution in [2.75, 3.05) is 6.54 Å². The van der Waals surface area contributed by atoms with Crippen LogP contribution in [0.5, 0.6) is 0 Å². The Bertz CT molecular complexity index is 1520. The summed E-state index contributed by atoms with van der Waals surface area (Å²) in [5.41, 5.74) is 5.55. The van der Waals surface area contributed by atoms with Gasteiger partial charge in [-0.25, -0.2) is 16.8 Å². The van der Waals surface area contributed by atoms with Crippen LogP contribution in [0.15, 0.2) is 94.7 Å². The molecule has 188 valence electrons. The Hall–Kier alpha value is -3.31. The SMILES string of the molecule is NCCCC[C@@H](C(=O)O)N(S(=O)(=O)c1cccc2ccccc12)S(=O)(=O)c1cccc2ccccc12. The van der Waals surface area contributed by atoms with Crippen LogP contribution in [0, 0.1) is 0 Å². The second kappa shape index (κ2) is 10.4. The largest absolute Gasteiger partial charge is 0.480 e. The molecule has 0 saturated carbocycles. The first-order valence-corrected chi connectivity index (χ1v) is 14.3. The summed E-state index contributed by atoms with van der Waals surface area (Å²) in [6.45, 7) is 0.262. The van der Waals surface area contributed by atoms with Crippen molar-refractivity contribution in [3.05, 3.63) is 84.9 Å². The highest BCUT2D eigenvalue weighted by atomic mass is 32.3. The zero-order chi connectivity index (χ0) is 25.9. The predicted octanol–water partition coefficient (Wildman–Crippen LogP) is 3.95. The molecule has 0 unspecified atom stereocenters. The van der Waals surface area contributed by atoms with Crippen molar-refractivity contribution in [2.24, 2.45) is 5.73 Å². The van der Waals surface area contributed by atoms with Crippen molar-refractivity contribution < 1.29 is 26.7 Å². The molecule has 8 nitrogen and oxygen atoms in total. The molecule has 0 fully saturated rings. The van der Waals surface area contributed by atoms with E-state index in [1.165, 1.54) is 24.3 Å². The molecule has 0 saturated heterocycles. The number of nitrogens with two attached hydrogens (primary N) is 1. The van der Waals surface area contributed by atoms with Crippen molar-refractivity contribution in [2.45, 2.75) is 35.1 Å². The fraction of sp³-hybridized carbons (Fsp3) is 0.192. The summed E-state index contributed by atoms with van der Waals surface area (Å²) < 4.78 is 56.7. The summed E-state index contributed by atoms with van der Waals surface area (Å²) >= 11 is 0. The Labute approximate surface area is 210 Å². The number of aliphatic carboxylic acids is 1. The zero-order valence-corrected chi connectivity index (χ0v) is 21.0. The lowest BCUT2D eigenvalue weighted by Crippen LogP contribution is -2.48. The van der Waals surface area contributed by atoms with Gasteiger partial charge in [-0.05, 0) is 48.7 Å². The minimum absolute atomic E-state index is 0.183. The lowest BCUT2D eigenvalue weighted by molar-refractivity contribution is -0.140. The number of hydrogen-bond donors (Lipinski definition) is 2. The molecule has 0 heterocycles. The van der Waals surface area contributed by atoms with E-state index in [4.69, 9.17) is 5.73 Å². The number of unbranched alkanes of at least 4 members (excludes halogenated alkanes) is 1. The minimum atomic E-state index is -4.85. The molecule has 3 N–H and O–H groups in total. The van der Waals surface area contributed by atoms with Crippen molar-refractivity contribution in [3.63, 3.8) is 0 Å². The zero-order valence-electron chi connectivity index (χ0n) is 19.3. The van der Waals surface area contributed by atoms with Gasteiger partial charge in [-0.3, -0.25) is 4.79 Å². The van der Waals surface area contributed by atoms with Crippen LogP contribution in [0.1, 0.15) is 19.3 Å². The molecule has 1 atom stereocenters. The Morgan fingerprint density at radius 3 is 1.61 bits per heavy atom. The number of fused-ring (bicyclic) bond motifs is 2. The summed E-state index contributed by atoms with van der Waals surface area (Å²) in [6, 6.07) is 20.4.